The maximum absolute atomic E-state index is 11.1. The fraction of sp³-hybridized carbons (Fsp3) is 0.500. The van der Waals surface area contributed by atoms with Crippen molar-refractivity contribution in [2.24, 2.45) is 0 Å². The van der Waals surface area contributed by atoms with Gasteiger partial charge in [-0.15, -0.1) is 0 Å². The van der Waals surface area contributed by atoms with E-state index in [0.717, 1.165) is 0 Å². The largest absolute Gasteiger partial charge is 0.501 e. The van der Waals surface area contributed by atoms with E-state index < -0.39 is 12.0 Å². The van der Waals surface area contributed by atoms with Gasteiger partial charge in [0.2, 0.25) is 12.3 Å². The normalized spacial score (nSPS) is 23.2. The molecule has 2 atom stereocenters. The maximum atomic E-state index is 11.1. The highest BCUT2D eigenvalue weighted by molar-refractivity contribution is 5.91. The molecule has 0 saturated carbocycles. The van der Waals surface area contributed by atoms with Crippen molar-refractivity contribution in [1.29, 1.82) is 0 Å². The second kappa shape index (κ2) is 5.88. The number of nitrogens with one attached hydrogen (secondary N) is 2. The minimum atomic E-state index is -0.580. The Bertz CT molecular complexity index is 353. The zero-order valence-corrected chi connectivity index (χ0v) is 9.56. The van der Waals surface area contributed by atoms with Gasteiger partial charge in [0.1, 0.15) is 11.8 Å². The second-order valence-corrected chi connectivity index (χ2v) is 3.42. The molecule has 1 fully saturated rings. The number of amides is 2. The van der Waals surface area contributed by atoms with Crippen LogP contribution >= 0.6 is 0 Å². The zero-order chi connectivity index (χ0) is 12.8. The molecular weight excluding hydrogens is 228 g/mol. The molecule has 1 aliphatic rings. The predicted octanol–water partition coefficient (Wildman–Crippen LogP) is -1.31. The number of hydrogen-bond acceptors (Lipinski definition) is 5. The van der Waals surface area contributed by atoms with E-state index in [2.05, 4.69) is 15.4 Å². The predicted molar refractivity (Wildman–Crippen MR) is 56.6 cm³/mol. The Hall–Kier alpha value is -2.05. The van der Waals surface area contributed by atoms with E-state index in [9.17, 15) is 14.4 Å². The Balaban J connectivity index is 2.57. The lowest BCUT2D eigenvalue weighted by molar-refractivity contribution is -0.135. The van der Waals surface area contributed by atoms with Gasteiger partial charge >= 0.3 is 5.97 Å². The fourth-order valence-corrected chi connectivity index (χ4v) is 1.48. The third-order valence-electron chi connectivity index (χ3n) is 2.42. The summed E-state index contributed by atoms with van der Waals surface area (Å²) in [6.45, 7) is 0. The minimum Gasteiger partial charge on any atom is -0.501 e. The average molecular weight is 242 g/mol. The van der Waals surface area contributed by atoms with Gasteiger partial charge in [-0.1, -0.05) is 0 Å². The summed E-state index contributed by atoms with van der Waals surface area (Å²) in [4.78, 5) is 32.4. The Labute approximate surface area is 98.1 Å². The van der Waals surface area contributed by atoms with Crippen molar-refractivity contribution in [3.8, 4) is 0 Å². The highest BCUT2D eigenvalue weighted by Crippen LogP contribution is 2.16. The van der Waals surface area contributed by atoms with Gasteiger partial charge in [0.15, 0.2) is 0 Å². The van der Waals surface area contributed by atoms with Crippen LogP contribution in [-0.2, 0) is 23.9 Å². The Morgan fingerprint density at radius 2 is 2.18 bits per heavy atom. The van der Waals surface area contributed by atoms with E-state index in [0.29, 0.717) is 18.6 Å². The van der Waals surface area contributed by atoms with Crippen LogP contribution in [0.5, 0.6) is 0 Å². The van der Waals surface area contributed by atoms with E-state index in [1.165, 1.54) is 20.3 Å². The molecular formula is C10H14N2O5. The summed E-state index contributed by atoms with van der Waals surface area (Å²) < 4.78 is 9.44. The van der Waals surface area contributed by atoms with E-state index in [4.69, 9.17) is 4.74 Å². The van der Waals surface area contributed by atoms with Crippen LogP contribution in [0.25, 0.3) is 0 Å². The topological polar surface area (TPSA) is 93.7 Å². The molecule has 2 N–H and O–H groups in total. The van der Waals surface area contributed by atoms with Crippen LogP contribution in [0.3, 0.4) is 0 Å². The van der Waals surface area contributed by atoms with Gasteiger partial charge in [0.25, 0.3) is 0 Å². The number of rotatable bonds is 6. The highest BCUT2D eigenvalue weighted by atomic mass is 16.5. The average Bonchev–Trinajstić information content (AvgIpc) is 2.33. The van der Waals surface area contributed by atoms with Crippen molar-refractivity contribution in [3.63, 3.8) is 0 Å². The zero-order valence-electron chi connectivity index (χ0n) is 9.56. The summed E-state index contributed by atoms with van der Waals surface area (Å²) >= 11 is 0. The van der Waals surface area contributed by atoms with Crippen molar-refractivity contribution in [1.82, 2.24) is 10.6 Å². The molecule has 94 valence electrons. The third-order valence-corrected chi connectivity index (χ3v) is 2.42. The number of ether oxygens (including phenoxy) is 2. The van der Waals surface area contributed by atoms with Gasteiger partial charge in [0, 0.05) is 6.42 Å². The Morgan fingerprint density at radius 3 is 2.65 bits per heavy atom. The van der Waals surface area contributed by atoms with Crippen LogP contribution in [0, 0.1) is 0 Å². The summed E-state index contributed by atoms with van der Waals surface area (Å²) in [5.74, 6) is -0.414. The second-order valence-electron chi connectivity index (χ2n) is 3.42. The van der Waals surface area contributed by atoms with Crippen molar-refractivity contribution < 1.29 is 23.9 Å². The van der Waals surface area contributed by atoms with Crippen molar-refractivity contribution in [2.75, 3.05) is 14.2 Å². The van der Waals surface area contributed by atoms with E-state index in [-0.39, 0.29) is 11.9 Å². The summed E-state index contributed by atoms with van der Waals surface area (Å²) in [7, 11) is 2.67. The highest BCUT2D eigenvalue weighted by Gasteiger charge is 2.39. The lowest BCUT2D eigenvalue weighted by Gasteiger charge is -2.36. The number of β-lactam (4-membered cyclic amide) rings is 1. The number of esters is 1. The van der Waals surface area contributed by atoms with E-state index in [1.54, 1.807) is 0 Å². The molecule has 0 radical (unpaired) electrons. The van der Waals surface area contributed by atoms with Gasteiger partial charge in [-0.3, -0.25) is 9.59 Å². The van der Waals surface area contributed by atoms with Crippen molar-refractivity contribution in [3.05, 3.63) is 11.8 Å². The molecule has 1 saturated heterocycles. The van der Waals surface area contributed by atoms with Crippen molar-refractivity contribution in [2.45, 2.75) is 18.5 Å². The first kappa shape index (κ1) is 13.0. The first-order valence-corrected chi connectivity index (χ1v) is 4.95. The standard InChI is InChI=1S/C10H14N2O5/c1-16-6(4-8(14)17-2)3-7-9(11-5-13)10(15)12-7/h4-5,7,9H,3H2,1-2H3,(H,11,13)(H,12,15)/t7-,9-/m1/s1. The quantitative estimate of drug-likeness (QED) is 0.198. The number of carbonyl (C=O) groups is 3. The molecule has 0 bridgehead atoms. The molecule has 0 aromatic heterocycles. The first-order valence-electron chi connectivity index (χ1n) is 4.95. The number of carbonyl (C=O) groups excluding carboxylic acids is 3. The molecule has 0 spiro atoms. The molecule has 2 amide bonds. The summed E-state index contributed by atoms with van der Waals surface area (Å²) in [5, 5.41) is 4.99. The molecule has 1 rings (SSSR count). The van der Waals surface area contributed by atoms with Gasteiger partial charge in [-0.05, 0) is 0 Å². The third kappa shape index (κ3) is 3.20. The van der Waals surface area contributed by atoms with E-state index >= 15 is 0 Å². The molecule has 0 aromatic rings. The SMILES string of the molecule is COC(=O)C=C(C[C@H]1NC(=O)[C@@H]1NC=O)OC. The molecule has 0 unspecified atom stereocenters. The van der Waals surface area contributed by atoms with Gasteiger partial charge < -0.3 is 20.1 Å². The van der Waals surface area contributed by atoms with Gasteiger partial charge in [-0.2, -0.15) is 0 Å². The molecule has 0 aromatic carbocycles. The number of hydrogen-bond donors (Lipinski definition) is 2. The summed E-state index contributed by atoms with van der Waals surface area (Å²) in [6, 6.07) is -0.854. The van der Waals surface area contributed by atoms with E-state index in [1.807, 2.05) is 0 Å². The molecule has 1 heterocycles. The van der Waals surface area contributed by atoms with Crippen LogP contribution in [0.4, 0.5) is 0 Å². The molecule has 1 aliphatic heterocycles. The molecule has 7 heteroatoms. The lowest BCUT2D eigenvalue weighted by atomic mass is 9.95. The Morgan fingerprint density at radius 1 is 1.47 bits per heavy atom. The van der Waals surface area contributed by atoms with Crippen LogP contribution in [-0.4, -0.2) is 44.6 Å². The molecule has 0 aliphatic carbocycles. The van der Waals surface area contributed by atoms with Gasteiger partial charge in [0.05, 0.1) is 26.3 Å². The monoisotopic (exact) mass is 242 g/mol. The van der Waals surface area contributed by atoms with Crippen LogP contribution in [0.1, 0.15) is 6.42 Å². The molecule has 17 heavy (non-hydrogen) atoms. The molecule has 7 nitrogen and oxygen atoms in total. The summed E-state index contributed by atoms with van der Waals surface area (Å²) in [5.41, 5.74) is 0. The van der Waals surface area contributed by atoms with Crippen LogP contribution in [0.15, 0.2) is 11.8 Å². The fourth-order valence-electron chi connectivity index (χ4n) is 1.48. The van der Waals surface area contributed by atoms with Crippen molar-refractivity contribution >= 4 is 18.3 Å². The van der Waals surface area contributed by atoms with Crippen LogP contribution < -0.4 is 10.6 Å². The van der Waals surface area contributed by atoms with Gasteiger partial charge in [-0.25, -0.2) is 4.79 Å². The number of methoxy groups -OCH3 is 2. The minimum absolute atomic E-state index is 0.254. The summed E-state index contributed by atoms with van der Waals surface area (Å²) in [6.07, 6.45) is 1.97. The Kier molecular flexibility index (Phi) is 4.50. The lowest BCUT2D eigenvalue weighted by Crippen LogP contribution is -2.68. The maximum Gasteiger partial charge on any atom is 0.333 e. The van der Waals surface area contributed by atoms with Crippen LogP contribution in [0.2, 0.25) is 0 Å². The smallest absolute Gasteiger partial charge is 0.333 e. The first-order chi connectivity index (χ1) is 8.12.